The summed E-state index contributed by atoms with van der Waals surface area (Å²) < 4.78 is 0. The van der Waals surface area contributed by atoms with Crippen LogP contribution in [0.5, 0.6) is 0 Å². The van der Waals surface area contributed by atoms with E-state index in [0.717, 1.165) is 5.52 Å². The van der Waals surface area contributed by atoms with Crippen LogP contribution in [0, 0.1) is 5.92 Å². The third-order valence-electron chi connectivity index (χ3n) is 3.48. The van der Waals surface area contributed by atoms with Crippen LogP contribution in [0.4, 0.5) is 0 Å². The second kappa shape index (κ2) is 4.67. The van der Waals surface area contributed by atoms with Crippen LogP contribution in [-0.2, 0) is 0 Å². The van der Waals surface area contributed by atoms with Crippen molar-refractivity contribution in [3.8, 4) is 0 Å². The Balaban J connectivity index is 1.94. The first kappa shape index (κ1) is 11.1. The second-order valence-electron chi connectivity index (χ2n) is 4.60. The van der Waals surface area contributed by atoms with Gasteiger partial charge in [-0.1, -0.05) is 12.1 Å². The van der Waals surface area contributed by atoms with E-state index in [1.165, 1.54) is 28.9 Å². The van der Waals surface area contributed by atoms with Crippen LogP contribution in [0.2, 0.25) is 0 Å². The van der Waals surface area contributed by atoms with Gasteiger partial charge in [0.2, 0.25) is 0 Å². The Kier molecular flexibility index (Phi) is 3.04. The van der Waals surface area contributed by atoms with Gasteiger partial charge >= 0.3 is 0 Å². The van der Waals surface area contributed by atoms with Gasteiger partial charge in [0.15, 0.2) is 0 Å². The first-order valence-electron chi connectivity index (χ1n) is 6.02. The molecule has 2 aromatic rings. The molecule has 2 heterocycles. The lowest BCUT2D eigenvalue weighted by Gasteiger charge is -2.18. The number of rotatable bonds is 2. The average Bonchev–Trinajstić information content (AvgIpc) is 2.91. The quantitative estimate of drug-likeness (QED) is 0.882. The molecule has 1 aliphatic heterocycles. The maximum absolute atomic E-state index is 6.36. The summed E-state index contributed by atoms with van der Waals surface area (Å²) in [6.07, 6.45) is 3.08. The third-order valence-corrected chi connectivity index (χ3v) is 4.67. The molecule has 1 saturated heterocycles. The molecule has 0 amide bonds. The molecule has 2 atom stereocenters. The van der Waals surface area contributed by atoms with Crippen molar-refractivity contribution >= 4 is 22.7 Å². The predicted octanol–water partition coefficient (Wildman–Crippen LogP) is 2.99. The molecule has 3 rings (SSSR count). The Morgan fingerprint density at radius 2 is 2.29 bits per heavy atom. The number of fused-ring (bicyclic) bond motifs is 1. The number of aromatic nitrogens is 1. The van der Waals surface area contributed by atoms with Crippen molar-refractivity contribution in [2.45, 2.75) is 12.5 Å². The smallest absolute Gasteiger partial charge is 0.0702 e. The van der Waals surface area contributed by atoms with Gasteiger partial charge in [0.25, 0.3) is 0 Å². The maximum atomic E-state index is 6.36. The molecule has 3 heteroatoms. The average molecular weight is 244 g/mol. The SMILES string of the molecule is NC(c1ccc2ncccc2c1)C1CCSC1. The minimum atomic E-state index is 0.176. The maximum Gasteiger partial charge on any atom is 0.0702 e. The number of thioether (sulfide) groups is 1. The summed E-state index contributed by atoms with van der Waals surface area (Å²) in [7, 11) is 0. The Hall–Kier alpha value is -1.06. The number of pyridine rings is 1. The van der Waals surface area contributed by atoms with E-state index in [0.29, 0.717) is 5.92 Å². The van der Waals surface area contributed by atoms with Gasteiger partial charge in [0, 0.05) is 17.6 Å². The molecule has 2 nitrogen and oxygen atoms in total. The van der Waals surface area contributed by atoms with Crippen molar-refractivity contribution in [1.29, 1.82) is 0 Å². The standard InChI is InChI=1S/C14H16N2S/c15-14(12-5-7-17-9-12)11-3-4-13-10(8-11)2-1-6-16-13/h1-4,6,8,12,14H,5,7,9,15H2. The fourth-order valence-electron chi connectivity index (χ4n) is 2.41. The fourth-order valence-corrected chi connectivity index (χ4v) is 3.72. The molecule has 1 aromatic heterocycles. The minimum Gasteiger partial charge on any atom is -0.324 e. The van der Waals surface area contributed by atoms with Crippen LogP contribution >= 0.6 is 11.8 Å². The molecular weight excluding hydrogens is 228 g/mol. The zero-order chi connectivity index (χ0) is 11.7. The summed E-state index contributed by atoms with van der Waals surface area (Å²) in [6, 6.07) is 10.6. The van der Waals surface area contributed by atoms with E-state index in [4.69, 9.17) is 5.73 Å². The van der Waals surface area contributed by atoms with Crippen LogP contribution in [0.1, 0.15) is 18.0 Å². The van der Waals surface area contributed by atoms with Gasteiger partial charge in [0.1, 0.15) is 0 Å². The van der Waals surface area contributed by atoms with E-state index in [-0.39, 0.29) is 6.04 Å². The summed E-state index contributed by atoms with van der Waals surface area (Å²) in [5.41, 5.74) is 8.65. The van der Waals surface area contributed by atoms with E-state index in [1.807, 2.05) is 24.0 Å². The highest BCUT2D eigenvalue weighted by molar-refractivity contribution is 7.99. The van der Waals surface area contributed by atoms with Gasteiger partial charge in [-0.2, -0.15) is 11.8 Å². The topological polar surface area (TPSA) is 38.9 Å². The van der Waals surface area contributed by atoms with Crippen molar-refractivity contribution in [1.82, 2.24) is 4.98 Å². The van der Waals surface area contributed by atoms with Crippen LogP contribution in [0.25, 0.3) is 10.9 Å². The normalized spacial score (nSPS) is 21.8. The molecule has 2 N–H and O–H groups in total. The van der Waals surface area contributed by atoms with E-state index < -0.39 is 0 Å². The molecule has 0 saturated carbocycles. The van der Waals surface area contributed by atoms with Gasteiger partial charge in [-0.25, -0.2) is 0 Å². The van der Waals surface area contributed by atoms with Crippen LogP contribution in [0.15, 0.2) is 36.5 Å². The lowest BCUT2D eigenvalue weighted by Crippen LogP contribution is -2.21. The molecule has 0 aliphatic carbocycles. The Bertz CT molecular complexity index is 520. The highest BCUT2D eigenvalue weighted by Gasteiger charge is 2.23. The number of nitrogens with two attached hydrogens (primary N) is 1. The molecule has 88 valence electrons. The lowest BCUT2D eigenvalue weighted by molar-refractivity contribution is 0.482. The molecule has 17 heavy (non-hydrogen) atoms. The number of hydrogen-bond donors (Lipinski definition) is 1. The predicted molar refractivity (Wildman–Crippen MR) is 74.1 cm³/mol. The van der Waals surface area contributed by atoms with Crippen molar-refractivity contribution < 1.29 is 0 Å². The van der Waals surface area contributed by atoms with Crippen molar-refractivity contribution in [2.75, 3.05) is 11.5 Å². The lowest BCUT2D eigenvalue weighted by atomic mass is 9.92. The first-order valence-corrected chi connectivity index (χ1v) is 7.18. The molecule has 1 aliphatic rings. The van der Waals surface area contributed by atoms with Crippen LogP contribution < -0.4 is 5.73 Å². The molecular formula is C14H16N2S. The molecule has 2 unspecified atom stereocenters. The summed E-state index contributed by atoms with van der Waals surface area (Å²) in [6.45, 7) is 0. The Morgan fingerprint density at radius 1 is 1.35 bits per heavy atom. The summed E-state index contributed by atoms with van der Waals surface area (Å²) in [5, 5.41) is 1.19. The van der Waals surface area contributed by atoms with E-state index in [2.05, 4.69) is 29.2 Å². The van der Waals surface area contributed by atoms with Gasteiger partial charge < -0.3 is 5.73 Å². The number of hydrogen-bond acceptors (Lipinski definition) is 3. The van der Waals surface area contributed by atoms with Gasteiger partial charge in [0.05, 0.1) is 5.52 Å². The van der Waals surface area contributed by atoms with Crippen molar-refractivity contribution in [2.24, 2.45) is 11.7 Å². The third kappa shape index (κ3) is 2.17. The van der Waals surface area contributed by atoms with Crippen molar-refractivity contribution in [3.05, 3.63) is 42.1 Å². The van der Waals surface area contributed by atoms with E-state index in [9.17, 15) is 0 Å². The molecule has 0 spiro atoms. The second-order valence-corrected chi connectivity index (χ2v) is 5.75. The van der Waals surface area contributed by atoms with Crippen LogP contribution in [-0.4, -0.2) is 16.5 Å². The largest absolute Gasteiger partial charge is 0.324 e. The zero-order valence-corrected chi connectivity index (χ0v) is 10.5. The summed E-state index contributed by atoms with van der Waals surface area (Å²) in [5.74, 6) is 3.09. The van der Waals surface area contributed by atoms with E-state index >= 15 is 0 Å². The molecule has 0 radical (unpaired) electrons. The fraction of sp³-hybridized carbons (Fsp3) is 0.357. The van der Waals surface area contributed by atoms with E-state index in [1.54, 1.807) is 0 Å². The monoisotopic (exact) mass is 244 g/mol. The Morgan fingerprint density at radius 3 is 3.12 bits per heavy atom. The number of nitrogens with zero attached hydrogens (tertiary/aromatic N) is 1. The van der Waals surface area contributed by atoms with Crippen molar-refractivity contribution in [3.63, 3.8) is 0 Å². The van der Waals surface area contributed by atoms with Crippen LogP contribution in [0.3, 0.4) is 0 Å². The van der Waals surface area contributed by atoms with Gasteiger partial charge in [-0.15, -0.1) is 0 Å². The van der Waals surface area contributed by atoms with Gasteiger partial charge in [-0.3, -0.25) is 4.98 Å². The first-order chi connectivity index (χ1) is 8.34. The highest BCUT2D eigenvalue weighted by Crippen LogP contribution is 2.33. The molecule has 1 fully saturated rings. The zero-order valence-electron chi connectivity index (χ0n) is 9.67. The molecule has 0 bridgehead atoms. The summed E-state index contributed by atoms with van der Waals surface area (Å²) in [4.78, 5) is 4.33. The Labute approximate surface area is 106 Å². The molecule has 1 aromatic carbocycles. The minimum absolute atomic E-state index is 0.176. The van der Waals surface area contributed by atoms with Gasteiger partial charge in [-0.05, 0) is 47.6 Å². The summed E-state index contributed by atoms with van der Waals surface area (Å²) >= 11 is 2.02. The highest BCUT2D eigenvalue weighted by atomic mass is 32.2. The number of benzene rings is 1.